The summed E-state index contributed by atoms with van der Waals surface area (Å²) in [4.78, 5) is 28.8. The maximum Gasteiger partial charge on any atom is 0.368 e. The van der Waals surface area contributed by atoms with Gasteiger partial charge in [-0.3, -0.25) is 9.45 Å². The molecule has 1 atom stereocenters. The Balaban J connectivity index is 3.72. The molecule has 0 spiro atoms. The number of hydrogen-bond donors (Lipinski definition) is 1. The van der Waals surface area contributed by atoms with Gasteiger partial charge in [-0.15, -0.1) is 6.58 Å². The van der Waals surface area contributed by atoms with Crippen LogP contribution in [0.4, 0.5) is 0 Å². The van der Waals surface area contributed by atoms with Crippen molar-refractivity contribution in [3.05, 3.63) is 24.8 Å². The second-order valence-corrected chi connectivity index (χ2v) is 5.52. The first-order valence-electron chi connectivity index (χ1n) is 4.30. The van der Waals surface area contributed by atoms with Gasteiger partial charge in [-0.05, 0) is 6.92 Å². The molecule has 0 amide bonds. The maximum atomic E-state index is 11.2. The summed E-state index contributed by atoms with van der Waals surface area (Å²) in [7, 11) is -3.23. The van der Waals surface area contributed by atoms with E-state index in [1.54, 1.807) is 0 Å². The molecule has 15 heavy (non-hydrogen) atoms. The quantitative estimate of drug-likeness (QED) is 0.180. The fourth-order valence-electron chi connectivity index (χ4n) is 0.639. The Labute approximate surface area is 88.8 Å². The predicted octanol–water partition coefficient (Wildman–Crippen LogP) is 1.49. The van der Waals surface area contributed by atoms with Crippen molar-refractivity contribution in [2.24, 2.45) is 0 Å². The molecule has 0 rings (SSSR count). The van der Waals surface area contributed by atoms with Crippen molar-refractivity contribution in [1.29, 1.82) is 0 Å². The Bertz CT molecular complexity index is 297. The van der Waals surface area contributed by atoms with Gasteiger partial charge < -0.3 is 4.89 Å². The van der Waals surface area contributed by atoms with Crippen LogP contribution in [0.15, 0.2) is 24.8 Å². The van der Waals surface area contributed by atoms with E-state index in [9.17, 15) is 14.3 Å². The molecule has 0 saturated heterocycles. The standard InChI is InChI=1S/C9H15O5P/c1-4-6-15(11,12)7-5-13-14-9(10)8(2)3/h4H,1-2,5-7H2,3H3,(H,11,12). The van der Waals surface area contributed by atoms with Crippen LogP contribution in [-0.4, -0.2) is 29.8 Å². The molecule has 0 aliphatic heterocycles. The highest BCUT2D eigenvalue weighted by molar-refractivity contribution is 7.58. The van der Waals surface area contributed by atoms with Crippen LogP contribution in [0.1, 0.15) is 6.92 Å². The first-order chi connectivity index (χ1) is 6.89. The van der Waals surface area contributed by atoms with Gasteiger partial charge >= 0.3 is 5.97 Å². The van der Waals surface area contributed by atoms with E-state index < -0.39 is 13.3 Å². The number of carbonyl (C=O) groups is 1. The number of rotatable bonds is 7. The van der Waals surface area contributed by atoms with Crippen molar-refractivity contribution in [3.8, 4) is 0 Å². The van der Waals surface area contributed by atoms with E-state index >= 15 is 0 Å². The van der Waals surface area contributed by atoms with Crippen LogP contribution >= 0.6 is 7.37 Å². The molecule has 6 heteroatoms. The number of carbonyl (C=O) groups excluding carboxylic acids is 1. The van der Waals surface area contributed by atoms with Crippen molar-refractivity contribution in [1.82, 2.24) is 0 Å². The van der Waals surface area contributed by atoms with Gasteiger partial charge in [0.05, 0.1) is 6.16 Å². The van der Waals surface area contributed by atoms with E-state index in [0.717, 1.165) is 0 Å². The summed E-state index contributed by atoms with van der Waals surface area (Å²) in [6.07, 6.45) is 1.30. The molecular formula is C9H15O5P. The highest BCUT2D eigenvalue weighted by Gasteiger charge is 2.16. The SMILES string of the molecule is C=CCP(=O)(O)CCOOC(=O)C(=C)C. The second-order valence-electron chi connectivity index (χ2n) is 3.01. The maximum absolute atomic E-state index is 11.2. The number of hydrogen-bond acceptors (Lipinski definition) is 4. The van der Waals surface area contributed by atoms with Crippen LogP contribution in [0.3, 0.4) is 0 Å². The molecule has 86 valence electrons. The lowest BCUT2D eigenvalue weighted by Crippen LogP contribution is -2.09. The largest absolute Gasteiger partial charge is 0.368 e. The highest BCUT2D eigenvalue weighted by atomic mass is 31.2. The van der Waals surface area contributed by atoms with Crippen LogP contribution < -0.4 is 0 Å². The van der Waals surface area contributed by atoms with Crippen LogP contribution in [0.5, 0.6) is 0 Å². The predicted molar refractivity (Wildman–Crippen MR) is 56.6 cm³/mol. The van der Waals surface area contributed by atoms with Gasteiger partial charge in [0.25, 0.3) is 0 Å². The molecule has 0 heterocycles. The third kappa shape index (κ3) is 7.08. The van der Waals surface area contributed by atoms with Gasteiger partial charge in [-0.25, -0.2) is 4.79 Å². The van der Waals surface area contributed by atoms with Crippen LogP contribution in [-0.2, 0) is 19.1 Å². The normalized spacial score (nSPS) is 14.0. The first-order valence-corrected chi connectivity index (χ1v) is 6.33. The van der Waals surface area contributed by atoms with Crippen molar-refractivity contribution < 1.29 is 24.0 Å². The Kier molecular flexibility index (Phi) is 6.17. The molecule has 0 aromatic heterocycles. The summed E-state index contributed by atoms with van der Waals surface area (Å²) >= 11 is 0. The van der Waals surface area contributed by atoms with Crippen molar-refractivity contribution in [2.75, 3.05) is 18.9 Å². The average Bonchev–Trinajstić information content (AvgIpc) is 2.11. The molecule has 1 N–H and O–H groups in total. The first kappa shape index (κ1) is 14.1. The lowest BCUT2D eigenvalue weighted by atomic mass is 10.4. The molecule has 0 fully saturated rings. The molecular weight excluding hydrogens is 219 g/mol. The molecule has 5 nitrogen and oxygen atoms in total. The topological polar surface area (TPSA) is 72.8 Å². The molecule has 0 aromatic rings. The van der Waals surface area contributed by atoms with Gasteiger partial charge in [0.15, 0.2) is 0 Å². The highest BCUT2D eigenvalue weighted by Crippen LogP contribution is 2.39. The summed E-state index contributed by atoms with van der Waals surface area (Å²) in [5, 5.41) is 0. The monoisotopic (exact) mass is 234 g/mol. The summed E-state index contributed by atoms with van der Waals surface area (Å²) in [6.45, 7) is 8.04. The summed E-state index contributed by atoms with van der Waals surface area (Å²) < 4.78 is 11.2. The summed E-state index contributed by atoms with van der Waals surface area (Å²) in [6, 6.07) is 0. The van der Waals surface area contributed by atoms with E-state index in [1.165, 1.54) is 13.0 Å². The summed E-state index contributed by atoms with van der Waals surface area (Å²) in [5.74, 6) is -0.688. The van der Waals surface area contributed by atoms with Crippen molar-refractivity contribution in [2.45, 2.75) is 6.92 Å². The van der Waals surface area contributed by atoms with E-state index in [4.69, 9.17) is 0 Å². The Morgan fingerprint density at radius 3 is 2.67 bits per heavy atom. The Morgan fingerprint density at radius 2 is 2.20 bits per heavy atom. The van der Waals surface area contributed by atoms with Gasteiger partial charge in [0.1, 0.15) is 6.61 Å². The molecule has 0 aliphatic rings. The minimum atomic E-state index is -3.23. The van der Waals surface area contributed by atoms with Gasteiger partial charge in [0.2, 0.25) is 7.37 Å². The van der Waals surface area contributed by atoms with Crippen molar-refractivity contribution in [3.63, 3.8) is 0 Å². The fraction of sp³-hybridized carbons (Fsp3) is 0.444. The van der Waals surface area contributed by atoms with Crippen LogP contribution in [0, 0.1) is 0 Å². The Morgan fingerprint density at radius 1 is 1.60 bits per heavy atom. The van der Waals surface area contributed by atoms with Gasteiger partial charge in [-0.2, -0.15) is 4.89 Å². The lowest BCUT2D eigenvalue weighted by molar-refractivity contribution is -0.265. The molecule has 0 aromatic carbocycles. The van der Waals surface area contributed by atoms with Gasteiger partial charge in [0, 0.05) is 11.7 Å². The number of allylic oxidation sites excluding steroid dienone is 1. The van der Waals surface area contributed by atoms with Gasteiger partial charge in [-0.1, -0.05) is 12.7 Å². The Hall–Kier alpha value is -0.900. The zero-order chi connectivity index (χ0) is 11.9. The van der Waals surface area contributed by atoms with Crippen LogP contribution in [0.25, 0.3) is 0 Å². The zero-order valence-electron chi connectivity index (χ0n) is 8.64. The second kappa shape index (κ2) is 6.56. The van der Waals surface area contributed by atoms with E-state index in [1.807, 2.05) is 0 Å². The zero-order valence-corrected chi connectivity index (χ0v) is 9.53. The van der Waals surface area contributed by atoms with E-state index in [0.29, 0.717) is 0 Å². The van der Waals surface area contributed by atoms with Crippen LogP contribution in [0.2, 0.25) is 0 Å². The fourth-order valence-corrected chi connectivity index (χ4v) is 1.59. The average molecular weight is 234 g/mol. The lowest BCUT2D eigenvalue weighted by Gasteiger charge is -2.08. The summed E-state index contributed by atoms with van der Waals surface area (Å²) in [5.41, 5.74) is 0.202. The van der Waals surface area contributed by atoms with E-state index in [2.05, 4.69) is 22.9 Å². The third-order valence-electron chi connectivity index (χ3n) is 1.42. The van der Waals surface area contributed by atoms with E-state index in [-0.39, 0.29) is 24.5 Å². The third-order valence-corrected chi connectivity index (χ3v) is 3.13. The molecule has 0 bridgehead atoms. The molecule has 0 aliphatic carbocycles. The minimum Gasteiger partial charge on any atom is -0.344 e. The minimum absolute atomic E-state index is 0.0186. The van der Waals surface area contributed by atoms with Crippen molar-refractivity contribution >= 4 is 13.3 Å². The smallest absolute Gasteiger partial charge is 0.344 e. The molecule has 0 radical (unpaired) electrons. The molecule has 0 saturated carbocycles. The molecule has 1 unspecified atom stereocenters.